The molecule has 1 aromatic rings. The predicted molar refractivity (Wildman–Crippen MR) is 60.3 cm³/mol. The Morgan fingerprint density at radius 1 is 1.71 bits per heavy atom. The second-order valence-corrected chi connectivity index (χ2v) is 4.06. The molecule has 0 saturated carbocycles. The summed E-state index contributed by atoms with van der Waals surface area (Å²) in [5.74, 6) is -0.164. The van der Waals surface area contributed by atoms with Gasteiger partial charge < -0.3 is 11.1 Å². The summed E-state index contributed by atoms with van der Waals surface area (Å²) in [5, 5.41) is 4.92. The van der Waals surface area contributed by atoms with Crippen LogP contribution >= 0.6 is 27.3 Å². The Kier molecular flexibility index (Phi) is 4.78. The predicted octanol–water partition coefficient (Wildman–Crippen LogP) is 1.15. The van der Waals surface area contributed by atoms with E-state index in [1.807, 2.05) is 0 Å². The molecule has 0 unspecified atom stereocenters. The van der Waals surface area contributed by atoms with Crippen LogP contribution in [0.2, 0.25) is 0 Å². The molecule has 0 saturated heterocycles. The molecular weight excluding hydrogens is 266 g/mol. The molecule has 4 nitrogen and oxygen atoms in total. The SMILES string of the molecule is NC/C=C/CNC(=O)c1nc(Br)cs1. The van der Waals surface area contributed by atoms with Crippen molar-refractivity contribution in [2.45, 2.75) is 0 Å². The van der Waals surface area contributed by atoms with E-state index < -0.39 is 0 Å². The van der Waals surface area contributed by atoms with Crippen molar-refractivity contribution in [2.24, 2.45) is 5.73 Å². The number of carbonyl (C=O) groups is 1. The highest BCUT2D eigenvalue weighted by atomic mass is 79.9. The van der Waals surface area contributed by atoms with Crippen molar-refractivity contribution >= 4 is 33.2 Å². The van der Waals surface area contributed by atoms with Crippen LogP contribution in [0.3, 0.4) is 0 Å². The molecule has 0 atom stereocenters. The first-order valence-corrected chi connectivity index (χ1v) is 5.65. The van der Waals surface area contributed by atoms with Gasteiger partial charge in [-0.1, -0.05) is 12.2 Å². The van der Waals surface area contributed by atoms with Crippen LogP contribution in [0.1, 0.15) is 9.80 Å². The van der Waals surface area contributed by atoms with Crippen LogP contribution in [-0.4, -0.2) is 24.0 Å². The van der Waals surface area contributed by atoms with Gasteiger partial charge in [-0.2, -0.15) is 0 Å². The van der Waals surface area contributed by atoms with Crippen molar-refractivity contribution in [1.82, 2.24) is 10.3 Å². The third-order valence-electron chi connectivity index (χ3n) is 1.35. The number of rotatable bonds is 4. The first-order chi connectivity index (χ1) is 6.74. The van der Waals surface area contributed by atoms with E-state index in [2.05, 4.69) is 26.2 Å². The lowest BCUT2D eigenvalue weighted by molar-refractivity contribution is 0.0957. The number of nitrogens with one attached hydrogen (secondary N) is 1. The van der Waals surface area contributed by atoms with Gasteiger partial charge in [0, 0.05) is 18.5 Å². The molecule has 1 rings (SSSR count). The smallest absolute Gasteiger partial charge is 0.280 e. The topological polar surface area (TPSA) is 68.0 Å². The Morgan fingerprint density at radius 3 is 3.07 bits per heavy atom. The molecule has 6 heteroatoms. The van der Waals surface area contributed by atoms with E-state index in [9.17, 15) is 4.79 Å². The van der Waals surface area contributed by atoms with E-state index >= 15 is 0 Å². The molecule has 14 heavy (non-hydrogen) atoms. The summed E-state index contributed by atoms with van der Waals surface area (Å²) in [4.78, 5) is 15.4. The van der Waals surface area contributed by atoms with Crippen molar-refractivity contribution in [1.29, 1.82) is 0 Å². The van der Waals surface area contributed by atoms with Gasteiger partial charge in [0.15, 0.2) is 5.01 Å². The van der Waals surface area contributed by atoms with Gasteiger partial charge in [0.05, 0.1) is 0 Å². The molecule has 76 valence electrons. The van der Waals surface area contributed by atoms with Crippen molar-refractivity contribution in [3.63, 3.8) is 0 Å². The summed E-state index contributed by atoms with van der Waals surface area (Å²) >= 11 is 4.48. The Hall–Kier alpha value is -0.720. The minimum atomic E-state index is -0.164. The number of hydrogen-bond acceptors (Lipinski definition) is 4. The highest BCUT2D eigenvalue weighted by Gasteiger charge is 2.07. The maximum absolute atomic E-state index is 11.4. The fourth-order valence-electron chi connectivity index (χ4n) is 0.765. The lowest BCUT2D eigenvalue weighted by atomic mass is 10.5. The number of amides is 1. The van der Waals surface area contributed by atoms with E-state index in [0.717, 1.165) is 0 Å². The lowest BCUT2D eigenvalue weighted by Gasteiger charge is -1.96. The Balaban J connectivity index is 2.39. The normalized spacial score (nSPS) is 10.7. The van der Waals surface area contributed by atoms with Crippen LogP contribution in [-0.2, 0) is 0 Å². The summed E-state index contributed by atoms with van der Waals surface area (Å²) in [6.45, 7) is 0.964. The first-order valence-electron chi connectivity index (χ1n) is 3.98. The van der Waals surface area contributed by atoms with Crippen LogP contribution in [0.5, 0.6) is 0 Å². The fourth-order valence-corrected chi connectivity index (χ4v) is 1.93. The fraction of sp³-hybridized carbons (Fsp3) is 0.250. The van der Waals surface area contributed by atoms with Gasteiger partial charge in [-0.3, -0.25) is 4.79 Å². The molecule has 3 N–H and O–H groups in total. The van der Waals surface area contributed by atoms with Gasteiger partial charge in [0.2, 0.25) is 0 Å². The van der Waals surface area contributed by atoms with Gasteiger partial charge in [-0.05, 0) is 15.9 Å². The molecule has 0 aliphatic carbocycles. The quantitative estimate of drug-likeness (QED) is 0.811. The summed E-state index contributed by atoms with van der Waals surface area (Å²) in [6.07, 6.45) is 3.60. The second-order valence-electron chi connectivity index (χ2n) is 2.39. The summed E-state index contributed by atoms with van der Waals surface area (Å²) in [7, 11) is 0. The van der Waals surface area contributed by atoms with Crippen molar-refractivity contribution < 1.29 is 4.79 Å². The maximum Gasteiger partial charge on any atom is 0.280 e. The number of halogens is 1. The zero-order valence-corrected chi connectivity index (χ0v) is 9.77. The van der Waals surface area contributed by atoms with E-state index in [0.29, 0.717) is 22.7 Å². The number of hydrogen-bond donors (Lipinski definition) is 2. The molecule has 1 aromatic heterocycles. The first kappa shape index (κ1) is 11.4. The number of carbonyl (C=O) groups excluding carboxylic acids is 1. The zero-order chi connectivity index (χ0) is 10.4. The average Bonchev–Trinajstić information content (AvgIpc) is 2.59. The molecule has 1 heterocycles. The van der Waals surface area contributed by atoms with E-state index in [1.54, 1.807) is 17.5 Å². The van der Waals surface area contributed by atoms with Gasteiger partial charge in [0.1, 0.15) is 4.60 Å². The molecular formula is C8H10BrN3OS. The molecule has 0 aromatic carbocycles. The Morgan fingerprint density at radius 2 is 2.50 bits per heavy atom. The molecule has 0 aliphatic heterocycles. The molecule has 0 fully saturated rings. The summed E-state index contributed by atoms with van der Waals surface area (Å²) in [6, 6.07) is 0. The third kappa shape index (κ3) is 3.57. The number of nitrogens with two attached hydrogens (primary N) is 1. The van der Waals surface area contributed by atoms with Crippen LogP contribution in [0.15, 0.2) is 22.1 Å². The van der Waals surface area contributed by atoms with Crippen LogP contribution in [0.4, 0.5) is 0 Å². The number of nitrogens with zero attached hydrogens (tertiary/aromatic N) is 1. The van der Waals surface area contributed by atoms with Crippen LogP contribution < -0.4 is 11.1 Å². The highest BCUT2D eigenvalue weighted by molar-refractivity contribution is 9.10. The minimum Gasteiger partial charge on any atom is -0.347 e. The van der Waals surface area contributed by atoms with Gasteiger partial charge in [-0.15, -0.1) is 11.3 Å². The van der Waals surface area contributed by atoms with E-state index in [1.165, 1.54) is 11.3 Å². The lowest BCUT2D eigenvalue weighted by Crippen LogP contribution is -2.23. The number of thiazole rings is 1. The minimum absolute atomic E-state index is 0.164. The highest BCUT2D eigenvalue weighted by Crippen LogP contribution is 2.14. The van der Waals surface area contributed by atoms with Crippen LogP contribution in [0.25, 0.3) is 0 Å². The third-order valence-corrected chi connectivity index (χ3v) is 2.90. The van der Waals surface area contributed by atoms with Crippen molar-refractivity contribution in [2.75, 3.05) is 13.1 Å². The van der Waals surface area contributed by atoms with Gasteiger partial charge in [-0.25, -0.2) is 4.98 Å². The summed E-state index contributed by atoms with van der Waals surface area (Å²) in [5.41, 5.74) is 5.24. The van der Waals surface area contributed by atoms with Crippen molar-refractivity contribution in [3.05, 3.63) is 27.1 Å². The van der Waals surface area contributed by atoms with E-state index in [4.69, 9.17) is 5.73 Å². The molecule has 0 spiro atoms. The second kappa shape index (κ2) is 5.90. The van der Waals surface area contributed by atoms with Gasteiger partial charge in [0.25, 0.3) is 5.91 Å². The molecule has 0 radical (unpaired) electrons. The monoisotopic (exact) mass is 275 g/mol. The Labute approximate surface area is 94.3 Å². The molecule has 1 amide bonds. The largest absolute Gasteiger partial charge is 0.347 e. The number of aromatic nitrogens is 1. The van der Waals surface area contributed by atoms with Crippen LogP contribution in [0, 0.1) is 0 Å². The maximum atomic E-state index is 11.4. The van der Waals surface area contributed by atoms with Crippen molar-refractivity contribution in [3.8, 4) is 0 Å². The Bertz CT molecular complexity index is 337. The molecule has 0 aliphatic rings. The van der Waals surface area contributed by atoms with E-state index in [-0.39, 0.29) is 5.91 Å². The standard InChI is InChI=1S/C8H10BrN3OS/c9-6-5-14-8(12-6)7(13)11-4-2-1-3-10/h1-2,5H,3-4,10H2,(H,11,13)/b2-1+. The summed E-state index contributed by atoms with van der Waals surface area (Å²) < 4.78 is 0.685. The van der Waals surface area contributed by atoms with Gasteiger partial charge >= 0.3 is 0 Å². The zero-order valence-electron chi connectivity index (χ0n) is 7.37. The average molecular weight is 276 g/mol. The molecule has 0 bridgehead atoms.